The summed E-state index contributed by atoms with van der Waals surface area (Å²) in [6.45, 7) is 3.69. The minimum atomic E-state index is -0.0590. The van der Waals surface area contributed by atoms with E-state index in [-0.39, 0.29) is 5.56 Å². The number of rotatable bonds is 5. The summed E-state index contributed by atoms with van der Waals surface area (Å²) in [7, 11) is 0. The summed E-state index contributed by atoms with van der Waals surface area (Å²) in [5.41, 5.74) is 4.55. The average Bonchev–Trinajstić information content (AvgIpc) is 3.00. The molecule has 0 aliphatic carbocycles. The molecule has 1 aromatic carbocycles. The molecular weight excluding hydrogens is 386 g/mol. The second kappa shape index (κ2) is 8.86. The average molecular weight is 414 g/mol. The highest BCUT2D eigenvalue weighted by Gasteiger charge is 2.18. The van der Waals surface area contributed by atoms with Gasteiger partial charge in [0, 0.05) is 24.4 Å². The molecule has 0 amide bonds. The third-order valence-electron chi connectivity index (χ3n) is 6.04. The number of fused-ring (bicyclic) bond motifs is 1. The van der Waals surface area contributed by atoms with Gasteiger partial charge in [0.2, 0.25) is 0 Å². The van der Waals surface area contributed by atoms with Gasteiger partial charge in [-0.2, -0.15) is 10.2 Å². The number of benzene rings is 1. The first kappa shape index (κ1) is 19.7. The number of aromatic nitrogens is 4. The largest absolute Gasteiger partial charge is 0.301 e. The zero-order valence-electron chi connectivity index (χ0n) is 17.7. The van der Waals surface area contributed by atoms with Gasteiger partial charge in [-0.05, 0) is 44.1 Å². The minimum absolute atomic E-state index is 0.0590. The van der Waals surface area contributed by atoms with Crippen molar-refractivity contribution in [3.05, 3.63) is 77.2 Å². The Hall–Kier alpha value is -3.25. The minimum Gasteiger partial charge on any atom is -0.301 e. The lowest BCUT2D eigenvalue weighted by Gasteiger charge is -2.19. The van der Waals surface area contributed by atoms with Crippen molar-refractivity contribution in [2.45, 2.75) is 32.2 Å². The molecule has 0 bridgehead atoms. The third-order valence-corrected chi connectivity index (χ3v) is 6.04. The molecule has 0 atom stereocenters. The van der Waals surface area contributed by atoms with Crippen LogP contribution in [0.3, 0.4) is 0 Å². The van der Waals surface area contributed by atoms with Gasteiger partial charge in [0.25, 0.3) is 5.56 Å². The van der Waals surface area contributed by atoms with Crippen LogP contribution in [0.5, 0.6) is 0 Å². The van der Waals surface area contributed by atoms with Crippen molar-refractivity contribution in [1.82, 2.24) is 24.3 Å². The van der Waals surface area contributed by atoms with Crippen molar-refractivity contribution in [2.24, 2.45) is 0 Å². The summed E-state index contributed by atoms with van der Waals surface area (Å²) in [5, 5.41) is 9.61. The fraction of sp³-hybridized carbons (Fsp3) is 0.320. The summed E-state index contributed by atoms with van der Waals surface area (Å²) < 4.78 is 3.49. The number of pyridine rings is 1. The zero-order valence-corrected chi connectivity index (χ0v) is 17.7. The lowest BCUT2D eigenvalue weighted by Crippen LogP contribution is -2.32. The summed E-state index contributed by atoms with van der Waals surface area (Å²) in [6.07, 6.45) is 7.04. The Morgan fingerprint density at radius 2 is 1.55 bits per heavy atom. The standard InChI is InChI=1S/C25H27N5O/c31-23-14-13-21(26-30(23)19-18-28-15-7-1-2-8-16-28)24-22-12-6-9-17-29(22)27-25(24)20-10-4-3-5-11-20/h3-6,9-14,17H,1-2,7-8,15-16,18-19H2. The predicted octanol–water partition coefficient (Wildman–Crippen LogP) is 4.10. The number of hydrogen-bond acceptors (Lipinski definition) is 4. The Morgan fingerprint density at radius 1 is 0.774 bits per heavy atom. The zero-order chi connectivity index (χ0) is 21.0. The van der Waals surface area contributed by atoms with E-state index < -0.39 is 0 Å². The van der Waals surface area contributed by atoms with E-state index in [0.29, 0.717) is 6.54 Å². The van der Waals surface area contributed by atoms with E-state index in [4.69, 9.17) is 10.2 Å². The van der Waals surface area contributed by atoms with Gasteiger partial charge in [0.15, 0.2) is 0 Å². The van der Waals surface area contributed by atoms with Crippen molar-refractivity contribution in [1.29, 1.82) is 0 Å². The predicted molar refractivity (Wildman–Crippen MR) is 123 cm³/mol. The van der Waals surface area contributed by atoms with E-state index in [1.54, 1.807) is 10.7 Å². The van der Waals surface area contributed by atoms with Crippen molar-refractivity contribution in [3.8, 4) is 22.5 Å². The molecule has 1 saturated heterocycles. The highest BCUT2D eigenvalue weighted by Crippen LogP contribution is 2.33. The molecule has 158 valence electrons. The van der Waals surface area contributed by atoms with Crippen LogP contribution in [0.25, 0.3) is 28.0 Å². The first-order chi connectivity index (χ1) is 15.3. The van der Waals surface area contributed by atoms with Gasteiger partial charge in [-0.3, -0.25) is 4.79 Å². The maximum atomic E-state index is 12.6. The molecule has 1 aliphatic rings. The first-order valence-corrected chi connectivity index (χ1v) is 11.1. The number of nitrogens with zero attached hydrogens (tertiary/aromatic N) is 5. The Bertz CT molecular complexity index is 1220. The molecule has 3 aromatic heterocycles. The van der Waals surface area contributed by atoms with Crippen LogP contribution in [0, 0.1) is 0 Å². The molecule has 5 rings (SSSR count). The van der Waals surface area contributed by atoms with Gasteiger partial charge >= 0.3 is 0 Å². The van der Waals surface area contributed by atoms with E-state index in [1.807, 2.05) is 53.2 Å². The molecule has 4 aromatic rings. The van der Waals surface area contributed by atoms with Crippen LogP contribution in [0.1, 0.15) is 25.7 Å². The lowest BCUT2D eigenvalue weighted by molar-refractivity contribution is 0.266. The highest BCUT2D eigenvalue weighted by atomic mass is 16.1. The fourth-order valence-electron chi connectivity index (χ4n) is 4.39. The Balaban J connectivity index is 1.53. The van der Waals surface area contributed by atoms with Crippen molar-refractivity contribution >= 4 is 5.52 Å². The van der Waals surface area contributed by atoms with E-state index in [0.717, 1.165) is 47.7 Å². The third kappa shape index (κ3) is 4.16. The second-order valence-corrected chi connectivity index (χ2v) is 8.16. The van der Waals surface area contributed by atoms with Crippen LogP contribution in [0.15, 0.2) is 71.7 Å². The van der Waals surface area contributed by atoms with Gasteiger partial charge in [0.1, 0.15) is 5.69 Å². The molecule has 0 unspecified atom stereocenters. The second-order valence-electron chi connectivity index (χ2n) is 8.16. The molecule has 0 N–H and O–H groups in total. The van der Waals surface area contributed by atoms with Gasteiger partial charge in [-0.25, -0.2) is 9.20 Å². The molecule has 0 saturated carbocycles. The van der Waals surface area contributed by atoms with E-state index >= 15 is 0 Å². The van der Waals surface area contributed by atoms with Crippen molar-refractivity contribution in [3.63, 3.8) is 0 Å². The summed E-state index contributed by atoms with van der Waals surface area (Å²) in [4.78, 5) is 15.0. The maximum absolute atomic E-state index is 12.6. The first-order valence-electron chi connectivity index (χ1n) is 11.1. The monoisotopic (exact) mass is 413 g/mol. The Labute approximate surface area is 181 Å². The molecule has 0 radical (unpaired) electrons. The van der Waals surface area contributed by atoms with Crippen LogP contribution in [-0.4, -0.2) is 43.9 Å². The Morgan fingerprint density at radius 3 is 2.35 bits per heavy atom. The molecular formula is C25H27N5O. The molecule has 31 heavy (non-hydrogen) atoms. The topological polar surface area (TPSA) is 55.4 Å². The summed E-state index contributed by atoms with van der Waals surface area (Å²) >= 11 is 0. The summed E-state index contributed by atoms with van der Waals surface area (Å²) in [5.74, 6) is 0. The SMILES string of the molecule is O=c1ccc(-c2c(-c3ccccc3)nn3ccccc23)nn1CCN1CCCCCC1. The van der Waals surface area contributed by atoms with Gasteiger partial charge < -0.3 is 4.90 Å². The van der Waals surface area contributed by atoms with Crippen molar-refractivity contribution < 1.29 is 0 Å². The van der Waals surface area contributed by atoms with E-state index in [9.17, 15) is 4.79 Å². The van der Waals surface area contributed by atoms with Gasteiger partial charge in [-0.1, -0.05) is 49.2 Å². The van der Waals surface area contributed by atoms with Crippen LogP contribution in [0.4, 0.5) is 0 Å². The maximum Gasteiger partial charge on any atom is 0.266 e. The van der Waals surface area contributed by atoms with Gasteiger partial charge in [-0.15, -0.1) is 0 Å². The van der Waals surface area contributed by atoms with E-state index in [2.05, 4.69) is 17.0 Å². The van der Waals surface area contributed by atoms with Gasteiger partial charge in [0.05, 0.1) is 23.3 Å². The molecule has 0 spiro atoms. The van der Waals surface area contributed by atoms with Crippen LogP contribution in [-0.2, 0) is 6.54 Å². The fourth-order valence-corrected chi connectivity index (χ4v) is 4.39. The lowest BCUT2D eigenvalue weighted by atomic mass is 10.0. The number of likely N-dealkylation sites (tertiary alicyclic amines) is 1. The molecule has 1 fully saturated rings. The number of hydrogen-bond donors (Lipinski definition) is 0. The highest BCUT2D eigenvalue weighted by molar-refractivity contribution is 5.90. The van der Waals surface area contributed by atoms with Crippen molar-refractivity contribution in [2.75, 3.05) is 19.6 Å². The molecule has 1 aliphatic heterocycles. The molecule has 6 heteroatoms. The summed E-state index contributed by atoms with van der Waals surface area (Å²) in [6, 6.07) is 19.6. The van der Waals surface area contributed by atoms with Crippen LogP contribution in [0.2, 0.25) is 0 Å². The Kier molecular flexibility index (Phi) is 5.63. The van der Waals surface area contributed by atoms with Crippen LogP contribution >= 0.6 is 0 Å². The van der Waals surface area contributed by atoms with E-state index in [1.165, 1.54) is 25.7 Å². The smallest absolute Gasteiger partial charge is 0.266 e. The van der Waals surface area contributed by atoms with Crippen LogP contribution < -0.4 is 5.56 Å². The quantitative estimate of drug-likeness (QED) is 0.494. The molecule has 4 heterocycles. The normalized spacial score (nSPS) is 15.2. The molecule has 6 nitrogen and oxygen atoms in total.